The van der Waals surface area contributed by atoms with Gasteiger partial charge >= 0.3 is 0 Å². The third-order valence-electron chi connectivity index (χ3n) is 3.80. The highest BCUT2D eigenvalue weighted by atomic mass is 16.7. The maximum atomic E-state index is 5.79. The number of hydrogen-bond donors (Lipinski definition) is 0. The second kappa shape index (κ2) is 4.44. The predicted molar refractivity (Wildman–Crippen MR) is 66.2 cm³/mol. The summed E-state index contributed by atoms with van der Waals surface area (Å²) in [6.45, 7) is 1.36. The van der Waals surface area contributed by atoms with Crippen molar-refractivity contribution < 1.29 is 18.9 Å². The zero-order valence-electron chi connectivity index (χ0n) is 10.8. The molecule has 4 nitrogen and oxygen atoms in total. The third kappa shape index (κ3) is 1.76. The molecular formula is C14H18O4. The highest BCUT2D eigenvalue weighted by molar-refractivity contribution is 5.50. The predicted octanol–water partition coefficient (Wildman–Crippen LogP) is 1.94. The summed E-state index contributed by atoms with van der Waals surface area (Å²) in [4.78, 5) is 0. The Bertz CT molecular complexity index is 449. The van der Waals surface area contributed by atoms with Gasteiger partial charge in [0.05, 0.1) is 27.4 Å². The fraction of sp³-hybridized carbons (Fsp3) is 0.571. The molecule has 1 spiro atoms. The van der Waals surface area contributed by atoms with E-state index in [4.69, 9.17) is 18.9 Å². The van der Waals surface area contributed by atoms with E-state index >= 15 is 0 Å². The Balaban J connectivity index is 2.02. The molecule has 1 aromatic rings. The molecule has 1 heterocycles. The minimum absolute atomic E-state index is 0.438. The van der Waals surface area contributed by atoms with Crippen molar-refractivity contribution in [1.29, 1.82) is 0 Å². The lowest BCUT2D eigenvalue weighted by Crippen LogP contribution is -2.37. The van der Waals surface area contributed by atoms with Crippen LogP contribution in [0, 0.1) is 0 Å². The lowest BCUT2D eigenvalue weighted by atomic mass is 9.86. The van der Waals surface area contributed by atoms with Crippen LogP contribution >= 0.6 is 0 Å². The Morgan fingerprint density at radius 1 is 1.00 bits per heavy atom. The van der Waals surface area contributed by atoms with Crippen LogP contribution in [0.4, 0.5) is 0 Å². The lowest BCUT2D eigenvalue weighted by molar-refractivity contribution is -0.164. The van der Waals surface area contributed by atoms with Crippen molar-refractivity contribution in [2.45, 2.75) is 25.0 Å². The monoisotopic (exact) mass is 250 g/mol. The van der Waals surface area contributed by atoms with E-state index in [0.717, 1.165) is 36.3 Å². The van der Waals surface area contributed by atoms with Crippen molar-refractivity contribution in [1.82, 2.24) is 0 Å². The molecule has 0 radical (unpaired) electrons. The van der Waals surface area contributed by atoms with Crippen LogP contribution in [-0.4, -0.2) is 33.2 Å². The van der Waals surface area contributed by atoms with E-state index in [1.54, 1.807) is 14.2 Å². The minimum atomic E-state index is -0.438. The molecule has 1 aromatic carbocycles. The van der Waals surface area contributed by atoms with Crippen molar-refractivity contribution in [3.05, 3.63) is 23.3 Å². The van der Waals surface area contributed by atoms with Gasteiger partial charge in [-0.15, -0.1) is 0 Å². The maximum absolute atomic E-state index is 5.79. The molecule has 0 saturated carbocycles. The van der Waals surface area contributed by atoms with Crippen LogP contribution in [0.25, 0.3) is 0 Å². The van der Waals surface area contributed by atoms with Crippen molar-refractivity contribution >= 4 is 0 Å². The molecule has 0 N–H and O–H groups in total. The summed E-state index contributed by atoms with van der Waals surface area (Å²) in [6, 6.07) is 3.91. The highest BCUT2D eigenvalue weighted by Gasteiger charge is 2.41. The summed E-state index contributed by atoms with van der Waals surface area (Å²) < 4.78 is 22.5. The molecular weight excluding hydrogens is 232 g/mol. The summed E-state index contributed by atoms with van der Waals surface area (Å²) in [5, 5.41) is 0. The topological polar surface area (TPSA) is 36.9 Å². The van der Waals surface area contributed by atoms with Crippen LogP contribution in [0.2, 0.25) is 0 Å². The third-order valence-corrected chi connectivity index (χ3v) is 3.80. The summed E-state index contributed by atoms with van der Waals surface area (Å²) >= 11 is 0. The Morgan fingerprint density at radius 3 is 2.22 bits per heavy atom. The van der Waals surface area contributed by atoms with Crippen LogP contribution < -0.4 is 9.47 Å². The molecule has 1 aliphatic carbocycles. The molecule has 4 heteroatoms. The van der Waals surface area contributed by atoms with Crippen LogP contribution in [-0.2, 0) is 22.3 Å². The minimum Gasteiger partial charge on any atom is -0.496 e. The SMILES string of the molecule is COc1ccc(OC)c2c1CCC1(C2)OCCO1. The fourth-order valence-electron chi connectivity index (χ4n) is 2.92. The molecule has 18 heavy (non-hydrogen) atoms. The van der Waals surface area contributed by atoms with Gasteiger partial charge in [0, 0.05) is 24.0 Å². The van der Waals surface area contributed by atoms with Gasteiger partial charge in [-0.1, -0.05) is 0 Å². The molecule has 2 aliphatic rings. The van der Waals surface area contributed by atoms with Crippen LogP contribution in [0.15, 0.2) is 12.1 Å². The van der Waals surface area contributed by atoms with Gasteiger partial charge in [0.2, 0.25) is 0 Å². The van der Waals surface area contributed by atoms with Crippen LogP contribution in [0.5, 0.6) is 11.5 Å². The van der Waals surface area contributed by atoms with Crippen LogP contribution in [0.3, 0.4) is 0 Å². The Hall–Kier alpha value is -1.26. The molecule has 1 saturated heterocycles. The van der Waals surface area contributed by atoms with E-state index in [0.29, 0.717) is 13.2 Å². The van der Waals surface area contributed by atoms with Gasteiger partial charge in [-0.25, -0.2) is 0 Å². The van der Waals surface area contributed by atoms with Crippen molar-refractivity contribution in [2.24, 2.45) is 0 Å². The number of benzene rings is 1. The molecule has 1 fully saturated rings. The number of fused-ring (bicyclic) bond motifs is 1. The number of ether oxygens (including phenoxy) is 4. The summed E-state index contributed by atoms with van der Waals surface area (Å²) in [7, 11) is 3.40. The average molecular weight is 250 g/mol. The molecule has 1 aliphatic heterocycles. The molecule has 0 aromatic heterocycles. The first-order valence-electron chi connectivity index (χ1n) is 6.29. The molecule has 0 bridgehead atoms. The summed E-state index contributed by atoms with van der Waals surface area (Å²) in [5.41, 5.74) is 2.38. The van der Waals surface area contributed by atoms with Gasteiger partial charge in [-0.3, -0.25) is 0 Å². The van der Waals surface area contributed by atoms with Crippen molar-refractivity contribution in [2.75, 3.05) is 27.4 Å². The van der Waals surface area contributed by atoms with Gasteiger partial charge in [-0.05, 0) is 18.6 Å². The van der Waals surface area contributed by atoms with E-state index in [1.807, 2.05) is 12.1 Å². The van der Waals surface area contributed by atoms with Crippen molar-refractivity contribution in [3.8, 4) is 11.5 Å². The quantitative estimate of drug-likeness (QED) is 0.803. The van der Waals surface area contributed by atoms with E-state index in [2.05, 4.69) is 0 Å². The van der Waals surface area contributed by atoms with Gasteiger partial charge < -0.3 is 18.9 Å². The zero-order chi connectivity index (χ0) is 12.6. The molecule has 0 atom stereocenters. The highest BCUT2D eigenvalue weighted by Crippen LogP contribution is 2.42. The standard InChI is InChI=1S/C14H18O4/c1-15-12-3-4-13(16-2)11-9-14(6-5-10(11)12)17-7-8-18-14/h3-4H,5-9H2,1-2H3. The Labute approximate surface area is 107 Å². The van der Waals surface area contributed by atoms with E-state index < -0.39 is 5.79 Å². The van der Waals surface area contributed by atoms with Gasteiger partial charge in [0.25, 0.3) is 0 Å². The van der Waals surface area contributed by atoms with E-state index in [9.17, 15) is 0 Å². The van der Waals surface area contributed by atoms with Crippen LogP contribution in [0.1, 0.15) is 17.5 Å². The number of hydrogen-bond acceptors (Lipinski definition) is 4. The van der Waals surface area contributed by atoms with Gasteiger partial charge in [0.1, 0.15) is 11.5 Å². The summed E-state index contributed by atoms with van der Waals surface area (Å²) in [5.74, 6) is 1.38. The van der Waals surface area contributed by atoms with Gasteiger partial charge in [0.15, 0.2) is 5.79 Å². The van der Waals surface area contributed by atoms with E-state index in [-0.39, 0.29) is 0 Å². The summed E-state index contributed by atoms with van der Waals surface area (Å²) in [6.07, 6.45) is 2.52. The fourth-order valence-corrected chi connectivity index (χ4v) is 2.92. The lowest BCUT2D eigenvalue weighted by Gasteiger charge is -2.34. The molecule has 0 unspecified atom stereocenters. The Kier molecular flexibility index (Phi) is 2.92. The molecule has 3 rings (SSSR count). The first kappa shape index (κ1) is 11.8. The van der Waals surface area contributed by atoms with E-state index in [1.165, 1.54) is 5.56 Å². The number of methoxy groups -OCH3 is 2. The second-order valence-corrected chi connectivity index (χ2v) is 4.71. The molecule has 0 amide bonds. The van der Waals surface area contributed by atoms with Gasteiger partial charge in [-0.2, -0.15) is 0 Å². The normalized spacial score (nSPS) is 20.8. The Morgan fingerprint density at radius 2 is 1.61 bits per heavy atom. The largest absolute Gasteiger partial charge is 0.496 e. The molecule has 98 valence electrons. The number of rotatable bonds is 2. The maximum Gasteiger partial charge on any atom is 0.172 e. The first-order chi connectivity index (χ1) is 8.78. The zero-order valence-corrected chi connectivity index (χ0v) is 10.8. The average Bonchev–Trinajstić information content (AvgIpc) is 2.85. The second-order valence-electron chi connectivity index (χ2n) is 4.71. The van der Waals surface area contributed by atoms with Crippen molar-refractivity contribution in [3.63, 3.8) is 0 Å². The first-order valence-corrected chi connectivity index (χ1v) is 6.29. The smallest absolute Gasteiger partial charge is 0.172 e.